The molecule has 4 rings (SSSR count). The molecule has 0 atom stereocenters. The lowest BCUT2D eigenvalue weighted by molar-refractivity contribution is -0.125. The summed E-state index contributed by atoms with van der Waals surface area (Å²) in [7, 11) is -0.305. The molecule has 4 nitrogen and oxygen atoms in total. The number of aromatic amines is 1. The van der Waals surface area contributed by atoms with Crippen molar-refractivity contribution in [3.05, 3.63) is 71.1 Å². The topological polar surface area (TPSA) is 45.3 Å². The van der Waals surface area contributed by atoms with Crippen molar-refractivity contribution >= 4 is 30.5 Å². The number of hydrogen-bond acceptors (Lipinski definition) is 2. The van der Waals surface area contributed by atoms with Crippen LogP contribution < -0.4 is 4.74 Å². The second-order valence-electron chi connectivity index (χ2n) is 10.9. The van der Waals surface area contributed by atoms with Gasteiger partial charge in [0.25, 0.3) is 5.91 Å². The van der Waals surface area contributed by atoms with Gasteiger partial charge in [0.05, 0.1) is 15.2 Å². The van der Waals surface area contributed by atoms with Crippen molar-refractivity contribution in [2.45, 2.75) is 71.1 Å². The van der Waals surface area contributed by atoms with E-state index in [0.717, 1.165) is 34.4 Å². The van der Waals surface area contributed by atoms with Gasteiger partial charge in [-0.1, -0.05) is 71.5 Å². The van der Waals surface area contributed by atoms with E-state index in [2.05, 4.69) is 88.8 Å². The van der Waals surface area contributed by atoms with Crippen LogP contribution in [0.2, 0.25) is 16.6 Å². The molecule has 0 saturated heterocycles. The van der Waals surface area contributed by atoms with Gasteiger partial charge in [-0.25, -0.2) is 0 Å². The van der Waals surface area contributed by atoms with Gasteiger partial charge in [-0.3, -0.25) is 4.79 Å². The molecule has 0 spiro atoms. The molecule has 0 fully saturated rings. The molecule has 0 saturated carbocycles. The summed E-state index contributed by atoms with van der Waals surface area (Å²) >= 11 is 0. The Morgan fingerprint density at radius 1 is 1.00 bits per heavy atom. The van der Waals surface area contributed by atoms with E-state index in [1.807, 2.05) is 17.0 Å². The number of hydrogen-bond donors (Lipinski definition) is 1. The van der Waals surface area contributed by atoms with Crippen LogP contribution in [0, 0.1) is 0 Å². The first-order chi connectivity index (χ1) is 16.7. The number of aromatic nitrogens is 1. The molecule has 1 N–H and O–H groups in total. The van der Waals surface area contributed by atoms with Crippen molar-refractivity contribution in [3.63, 3.8) is 0 Å². The summed E-state index contributed by atoms with van der Waals surface area (Å²) in [5.41, 5.74) is 9.59. The first-order valence-electron chi connectivity index (χ1n) is 12.9. The van der Waals surface area contributed by atoms with E-state index >= 15 is 0 Å². The third-order valence-corrected chi connectivity index (χ3v) is 15.0. The number of ether oxygens (including phenoxy) is 1. The molecular weight excluding hydrogens is 448 g/mol. The van der Waals surface area contributed by atoms with Gasteiger partial charge in [-0.05, 0) is 57.9 Å². The van der Waals surface area contributed by atoms with Crippen molar-refractivity contribution in [3.8, 4) is 5.75 Å². The van der Waals surface area contributed by atoms with E-state index in [1.54, 1.807) is 7.11 Å². The van der Waals surface area contributed by atoms with Crippen LogP contribution in [0.3, 0.4) is 0 Å². The minimum atomic E-state index is -1.98. The molecule has 1 amide bonds. The summed E-state index contributed by atoms with van der Waals surface area (Å²) in [4.78, 5) is 19.9. The molecule has 0 radical (unpaired) electrons. The van der Waals surface area contributed by atoms with Gasteiger partial charge in [0, 0.05) is 35.8 Å². The van der Waals surface area contributed by atoms with E-state index in [9.17, 15) is 4.79 Å². The predicted molar refractivity (Wildman–Crippen MR) is 149 cm³/mol. The predicted octanol–water partition coefficient (Wildman–Crippen LogP) is 7.36. The van der Waals surface area contributed by atoms with E-state index in [4.69, 9.17) is 4.74 Å². The number of carbonyl (C=O) groups excluding carboxylic acids is 1. The van der Waals surface area contributed by atoms with Crippen LogP contribution in [-0.2, 0) is 17.8 Å². The molecular formula is C30H40N2O2Si. The van der Waals surface area contributed by atoms with Crippen LogP contribution in [0.4, 0.5) is 0 Å². The monoisotopic (exact) mass is 488 g/mol. The number of benzene rings is 2. The highest BCUT2D eigenvalue weighted by molar-refractivity contribution is 6.89. The highest BCUT2D eigenvalue weighted by Gasteiger charge is 2.42. The van der Waals surface area contributed by atoms with Crippen LogP contribution in [0.25, 0.3) is 16.5 Å². The Hall–Kier alpha value is -2.79. The molecule has 2 heterocycles. The molecule has 3 aromatic rings. The Morgan fingerprint density at radius 3 is 2.26 bits per heavy atom. The summed E-state index contributed by atoms with van der Waals surface area (Å²) in [5, 5.41) is 1.22. The Kier molecular flexibility index (Phi) is 7.27. The number of nitrogens with one attached hydrogen (secondary N) is 1. The summed E-state index contributed by atoms with van der Waals surface area (Å²) in [6, 6.07) is 14.4. The highest BCUT2D eigenvalue weighted by Crippen LogP contribution is 2.45. The van der Waals surface area contributed by atoms with E-state index in [1.165, 1.54) is 10.9 Å². The number of amides is 1. The number of H-pyrrole nitrogens is 1. The quantitative estimate of drug-likeness (QED) is 0.279. The smallest absolute Gasteiger partial charge is 0.254 e. The van der Waals surface area contributed by atoms with Crippen LogP contribution in [0.15, 0.2) is 54.4 Å². The van der Waals surface area contributed by atoms with Gasteiger partial charge in [0.1, 0.15) is 5.75 Å². The summed E-state index contributed by atoms with van der Waals surface area (Å²) in [6.45, 7) is 15.4. The van der Waals surface area contributed by atoms with Crippen LogP contribution >= 0.6 is 0 Å². The lowest BCUT2D eigenvalue weighted by Gasteiger charge is -2.42. The normalized spacial score (nSPS) is 16.0. The van der Waals surface area contributed by atoms with Gasteiger partial charge in [0.15, 0.2) is 0 Å². The summed E-state index contributed by atoms with van der Waals surface area (Å²) in [6.07, 6.45) is 2.97. The van der Waals surface area contributed by atoms with Crippen molar-refractivity contribution in [1.82, 2.24) is 9.88 Å². The zero-order chi connectivity index (χ0) is 25.3. The Balaban J connectivity index is 1.89. The van der Waals surface area contributed by atoms with Crippen molar-refractivity contribution in [2.75, 3.05) is 13.7 Å². The minimum absolute atomic E-state index is 0.152. The van der Waals surface area contributed by atoms with Crippen molar-refractivity contribution in [1.29, 1.82) is 0 Å². The van der Waals surface area contributed by atoms with Crippen molar-refractivity contribution < 1.29 is 9.53 Å². The minimum Gasteiger partial charge on any atom is -0.497 e. The molecule has 0 unspecified atom stereocenters. The molecule has 0 bridgehead atoms. The van der Waals surface area contributed by atoms with Gasteiger partial charge in [-0.2, -0.15) is 0 Å². The number of carbonyl (C=O) groups is 1. The second-order valence-corrected chi connectivity index (χ2v) is 16.6. The fourth-order valence-electron chi connectivity index (χ4n) is 6.31. The summed E-state index contributed by atoms with van der Waals surface area (Å²) in [5.74, 6) is 0.984. The van der Waals surface area contributed by atoms with Gasteiger partial charge >= 0.3 is 0 Å². The highest BCUT2D eigenvalue weighted by atomic mass is 28.3. The van der Waals surface area contributed by atoms with Crippen LogP contribution in [-0.4, -0.2) is 37.5 Å². The van der Waals surface area contributed by atoms with Gasteiger partial charge in [0.2, 0.25) is 0 Å². The molecule has 1 aliphatic heterocycles. The van der Waals surface area contributed by atoms with E-state index in [0.29, 0.717) is 29.7 Å². The van der Waals surface area contributed by atoms with E-state index in [-0.39, 0.29) is 5.91 Å². The third kappa shape index (κ3) is 4.58. The zero-order valence-corrected chi connectivity index (χ0v) is 23.3. The maximum atomic E-state index is 14.4. The number of nitrogens with zero attached hydrogens (tertiary/aromatic N) is 1. The molecule has 2 aromatic carbocycles. The number of methoxy groups -OCH3 is 1. The average Bonchev–Trinajstić information content (AvgIpc) is 3.24. The average molecular weight is 489 g/mol. The van der Waals surface area contributed by atoms with Crippen LogP contribution in [0.5, 0.6) is 5.75 Å². The fourth-order valence-corrected chi connectivity index (χ4v) is 12.1. The first kappa shape index (κ1) is 25.3. The second kappa shape index (κ2) is 10.1. The Labute approximate surface area is 211 Å². The van der Waals surface area contributed by atoms with Gasteiger partial charge < -0.3 is 14.6 Å². The Bertz CT molecular complexity index is 1200. The molecule has 35 heavy (non-hydrogen) atoms. The molecule has 5 heteroatoms. The maximum absolute atomic E-state index is 14.4. The lowest BCUT2D eigenvalue weighted by Crippen LogP contribution is -2.44. The first-order valence-corrected chi connectivity index (χ1v) is 15.2. The van der Waals surface area contributed by atoms with Crippen LogP contribution in [0.1, 0.15) is 58.2 Å². The third-order valence-electron chi connectivity index (χ3n) is 8.17. The molecule has 1 aromatic heterocycles. The molecule has 0 aliphatic carbocycles. The largest absolute Gasteiger partial charge is 0.497 e. The van der Waals surface area contributed by atoms with Crippen molar-refractivity contribution in [2.24, 2.45) is 0 Å². The van der Waals surface area contributed by atoms with E-state index < -0.39 is 8.07 Å². The number of rotatable bonds is 7. The fraction of sp³-hybridized carbons (Fsp3) is 0.433. The standard InChI is InChI=1S/C30H40N2O2Si/c1-20(2)35(21(3)4,22(5)6)19-27-26-9-8-10-28-29(26)24(17-31-28)15-16-32(30(27)33)18-23-11-13-25(34-7)14-12-23/h8-14,17,19-22,31H,15-16,18H2,1-7H3/b27-19-. The molecule has 1 aliphatic rings. The SMILES string of the molecule is COc1ccc(CN2CCc3c[nH]c4cccc(c34)/C(=C/[Si](C(C)C)(C(C)C)C(C)C)C2=O)cc1. The van der Waals surface area contributed by atoms with Gasteiger partial charge in [-0.15, -0.1) is 0 Å². The summed E-state index contributed by atoms with van der Waals surface area (Å²) < 4.78 is 5.33. The lowest BCUT2D eigenvalue weighted by atomic mass is 9.95. The zero-order valence-electron chi connectivity index (χ0n) is 22.3. The molecule has 186 valence electrons. The Morgan fingerprint density at radius 2 is 1.66 bits per heavy atom. The maximum Gasteiger partial charge on any atom is 0.254 e.